The first kappa shape index (κ1) is 17.4. The lowest BCUT2D eigenvalue weighted by Crippen LogP contribution is -2.39. The van der Waals surface area contributed by atoms with Crippen LogP contribution in [0.4, 0.5) is 5.69 Å². The Morgan fingerprint density at radius 3 is 2.44 bits per heavy atom. The van der Waals surface area contributed by atoms with E-state index in [0.29, 0.717) is 6.54 Å². The number of aromatic nitrogens is 1. The smallest absolute Gasteiger partial charge is 0.250 e. The number of nitrogens with one attached hydrogen (secondary N) is 1. The Balaban J connectivity index is 1.65. The van der Waals surface area contributed by atoms with Gasteiger partial charge in [-0.2, -0.15) is 4.57 Å². The summed E-state index contributed by atoms with van der Waals surface area (Å²) in [6, 6.07) is 21.9. The highest BCUT2D eigenvalue weighted by atomic mass is 79.9. The summed E-state index contributed by atoms with van der Waals surface area (Å²) < 4.78 is 2.77. The van der Waals surface area contributed by atoms with Crippen LogP contribution in [0.2, 0.25) is 0 Å². The van der Waals surface area contributed by atoms with Crippen LogP contribution in [0, 0.1) is 6.92 Å². The molecular formula is C21H20BrN2O+. The van der Waals surface area contributed by atoms with E-state index in [9.17, 15) is 4.79 Å². The van der Waals surface area contributed by atoms with E-state index >= 15 is 0 Å². The van der Waals surface area contributed by atoms with Crippen LogP contribution in [0.3, 0.4) is 0 Å². The molecule has 0 atom stereocenters. The Morgan fingerprint density at radius 1 is 1.04 bits per heavy atom. The Morgan fingerprint density at radius 2 is 1.76 bits per heavy atom. The largest absolute Gasteiger partial charge is 0.381 e. The maximum atomic E-state index is 12.4. The molecule has 1 aromatic heterocycles. The molecule has 0 aliphatic rings. The van der Waals surface area contributed by atoms with Gasteiger partial charge < -0.3 is 5.32 Å². The number of benzene rings is 2. The summed E-state index contributed by atoms with van der Waals surface area (Å²) in [5.41, 5.74) is 4.12. The van der Waals surface area contributed by atoms with Crippen molar-refractivity contribution in [2.24, 2.45) is 0 Å². The quantitative estimate of drug-likeness (QED) is 0.377. The second-order valence-corrected chi connectivity index (χ2v) is 6.81. The van der Waals surface area contributed by atoms with Crippen LogP contribution in [0.1, 0.15) is 21.5 Å². The fourth-order valence-electron chi connectivity index (χ4n) is 2.52. The third kappa shape index (κ3) is 4.77. The number of Topliss-reactive ketones (excluding diaryl/α,β-unsaturated/α-hetero) is 1. The monoisotopic (exact) mass is 395 g/mol. The number of aryl methyl sites for hydroxylation is 1. The summed E-state index contributed by atoms with van der Waals surface area (Å²) in [4.78, 5) is 12.4. The molecule has 0 unspecified atom stereocenters. The lowest BCUT2D eigenvalue weighted by atomic mass is 10.1. The van der Waals surface area contributed by atoms with Gasteiger partial charge in [0.2, 0.25) is 16.9 Å². The van der Waals surface area contributed by atoms with Crippen LogP contribution < -0.4 is 9.88 Å². The van der Waals surface area contributed by atoms with E-state index in [-0.39, 0.29) is 5.78 Å². The number of hydrogen-bond donors (Lipinski definition) is 1. The molecule has 0 fully saturated rings. The zero-order chi connectivity index (χ0) is 17.6. The van der Waals surface area contributed by atoms with Crippen LogP contribution in [0.25, 0.3) is 0 Å². The number of pyridine rings is 1. The minimum atomic E-state index is 0.0932. The Kier molecular flexibility index (Phi) is 5.61. The molecule has 0 spiro atoms. The third-order valence-electron chi connectivity index (χ3n) is 4.01. The second kappa shape index (κ2) is 8.08. The first-order valence-electron chi connectivity index (χ1n) is 8.18. The molecule has 0 aliphatic carbocycles. The molecule has 1 N–H and O–H groups in total. The van der Waals surface area contributed by atoms with Gasteiger partial charge in [0, 0.05) is 45.9 Å². The van der Waals surface area contributed by atoms with Gasteiger partial charge in [0.15, 0.2) is 6.20 Å². The van der Waals surface area contributed by atoms with Gasteiger partial charge in [-0.25, -0.2) is 0 Å². The van der Waals surface area contributed by atoms with E-state index in [4.69, 9.17) is 0 Å². The molecule has 126 valence electrons. The summed E-state index contributed by atoms with van der Waals surface area (Å²) >= 11 is 3.56. The van der Waals surface area contributed by atoms with E-state index in [2.05, 4.69) is 33.4 Å². The number of carbonyl (C=O) groups excluding carboxylic acids is 1. The molecule has 3 nitrogen and oxygen atoms in total. The van der Waals surface area contributed by atoms with Crippen LogP contribution >= 0.6 is 15.9 Å². The van der Waals surface area contributed by atoms with Crippen molar-refractivity contribution in [2.45, 2.75) is 20.0 Å². The van der Waals surface area contributed by atoms with Crippen LogP contribution in [0.5, 0.6) is 0 Å². The summed E-state index contributed by atoms with van der Waals surface area (Å²) in [6.45, 7) is 3.09. The van der Waals surface area contributed by atoms with Crippen molar-refractivity contribution in [3.63, 3.8) is 0 Å². The third-order valence-corrected chi connectivity index (χ3v) is 4.69. The minimum Gasteiger partial charge on any atom is -0.381 e. The highest BCUT2D eigenvalue weighted by Gasteiger charge is 2.15. The molecule has 4 heteroatoms. The van der Waals surface area contributed by atoms with Crippen molar-refractivity contribution in [3.8, 4) is 0 Å². The molecule has 2 aromatic carbocycles. The molecule has 25 heavy (non-hydrogen) atoms. The van der Waals surface area contributed by atoms with Crippen molar-refractivity contribution < 1.29 is 9.36 Å². The average molecular weight is 396 g/mol. The van der Waals surface area contributed by atoms with Crippen molar-refractivity contribution in [2.75, 3.05) is 5.32 Å². The maximum Gasteiger partial charge on any atom is 0.250 e. The van der Waals surface area contributed by atoms with Gasteiger partial charge in [0.05, 0.1) is 0 Å². The molecule has 0 radical (unpaired) electrons. The molecule has 0 saturated carbocycles. The van der Waals surface area contributed by atoms with Crippen molar-refractivity contribution in [1.82, 2.24) is 0 Å². The number of anilines is 1. The lowest BCUT2D eigenvalue weighted by Gasteiger charge is -2.07. The first-order valence-corrected chi connectivity index (χ1v) is 8.98. The molecule has 3 rings (SSSR count). The fraction of sp³-hybridized carbons (Fsp3) is 0.143. The number of halogens is 1. The summed E-state index contributed by atoms with van der Waals surface area (Å²) in [5, 5.41) is 3.39. The molecule has 1 heterocycles. The molecule has 0 amide bonds. The molecular weight excluding hydrogens is 376 g/mol. The number of carbonyl (C=O) groups is 1. The Labute approximate surface area is 156 Å². The second-order valence-electron chi connectivity index (χ2n) is 5.99. The van der Waals surface area contributed by atoms with Gasteiger partial charge >= 0.3 is 0 Å². The van der Waals surface area contributed by atoms with Crippen LogP contribution in [-0.4, -0.2) is 5.78 Å². The molecule has 0 aliphatic heterocycles. The first-order chi connectivity index (χ1) is 12.1. The highest BCUT2D eigenvalue weighted by Crippen LogP contribution is 2.14. The zero-order valence-electron chi connectivity index (χ0n) is 14.1. The number of rotatable bonds is 6. The van der Waals surface area contributed by atoms with Crippen molar-refractivity contribution in [3.05, 3.63) is 94.2 Å². The topological polar surface area (TPSA) is 33.0 Å². The highest BCUT2D eigenvalue weighted by molar-refractivity contribution is 9.10. The predicted molar refractivity (Wildman–Crippen MR) is 104 cm³/mol. The maximum absolute atomic E-state index is 12.4. The predicted octanol–water partition coefficient (Wildman–Crippen LogP) is 4.54. The number of ketones is 1. The van der Waals surface area contributed by atoms with E-state index in [1.54, 1.807) is 0 Å². The molecule has 3 aromatic rings. The van der Waals surface area contributed by atoms with E-state index in [1.165, 1.54) is 5.56 Å². The van der Waals surface area contributed by atoms with Crippen LogP contribution in [-0.2, 0) is 13.1 Å². The van der Waals surface area contributed by atoms with Crippen molar-refractivity contribution >= 4 is 27.4 Å². The summed E-state index contributed by atoms with van der Waals surface area (Å²) in [5.74, 6) is 0.0932. The lowest BCUT2D eigenvalue weighted by molar-refractivity contribution is -0.693. The van der Waals surface area contributed by atoms with E-state index < -0.39 is 0 Å². The van der Waals surface area contributed by atoms with Crippen molar-refractivity contribution in [1.29, 1.82) is 0 Å². The Bertz CT molecular complexity index is 861. The SMILES string of the molecule is Cc1ccc(C(=O)C[n+]2ccc(NCc3ccccc3)cc2Br)cc1. The normalized spacial score (nSPS) is 10.5. The average Bonchev–Trinajstić information content (AvgIpc) is 2.63. The number of nitrogens with zero attached hydrogens (tertiary/aromatic N) is 1. The van der Waals surface area contributed by atoms with Crippen LogP contribution in [0.15, 0.2) is 77.5 Å². The number of hydrogen-bond acceptors (Lipinski definition) is 2. The summed E-state index contributed by atoms with van der Waals surface area (Å²) in [7, 11) is 0. The van der Waals surface area contributed by atoms with Gasteiger partial charge in [0.25, 0.3) is 0 Å². The zero-order valence-corrected chi connectivity index (χ0v) is 15.7. The van der Waals surface area contributed by atoms with Gasteiger partial charge in [-0.1, -0.05) is 60.2 Å². The van der Waals surface area contributed by atoms with Gasteiger partial charge in [-0.3, -0.25) is 4.79 Å². The summed E-state index contributed by atoms with van der Waals surface area (Å²) in [6.07, 6.45) is 1.92. The van der Waals surface area contributed by atoms with E-state index in [1.807, 2.05) is 72.3 Å². The van der Waals surface area contributed by atoms with Gasteiger partial charge in [-0.15, -0.1) is 0 Å². The standard InChI is InChI=1S/C21H19BrN2O/c1-16-7-9-18(10-8-16)20(25)15-24-12-11-19(13-21(24)22)23-14-17-5-3-2-4-6-17/h2-13H,14-15H2,1H3/p+1. The molecule has 0 saturated heterocycles. The fourth-order valence-corrected chi connectivity index (χ4v) is 3.01. The molecule has 0 bridgehead atoms. The Hall–Kier alpha value is -2.46. The minimum absolute atomic E-state index is 0.0932. The van der Waals surface area contributed by atoms with E-state index in [0.717, 1.165) is 28.0 Å². The van der Waals surface area contributed by atoms with Gasteiger partial charge in [0.1, 0.15) is 0 Å². The van der Waals surface area contributed by atoms with Gasteiger partial charge in [-0.05, 0) is 12.5 Å².